The van der Waals surface area contributed by atoms with Crippen molar-refractivity contribution in [2.45, 2.75) is 17.8 Å². The molecule has 0 radical (unpaired) electrons. The van der Waals surface area contributed by atoms with Crippen LogP contribution in [0.1, 0.15) is 17.5 Å². The standard InChI is InChI=1S/C15H16OSSi/c18-17-15(13-7-2-1-3-8-13)11-10-12-6-4-5-9-14(12)16-15/h1-9H,10-11H2,18H3. The number of fused-ring (bicyclic) bond motifs is 1. The topological polar surface area (TPSA) is 9.23 Å². The van der Waals surface area contributed by atoms with Crippen LogP contribution in [0.5, 0.6) is 5.75 Å². The molecule has 1 heterocycles. The summed E-state index contributed by atoms with van der Waals surface area (Å²) in [5.74, 6) is 1.05. The average molecular weight is 272 g/mol. The van der Waals surface area contributed by atoms with Crippen molar-refractivity contribution in [1.82, 2.24) is 0 Å². The van der Waals surface area contributed by atoms with Crippen LogP contribution in [0.2, 0.25) is 0 Å². The first-order chi connectivity index (χ1) is 8.84. The minimum atomic E-state index is -0.165. The highest BCUT2D eigenvalue weighted by molar-refractivity contribution is 8.20. The first-order valence-corrected chi connectivity index (χ1v) is 9.89. The Morgan fingerprint density at radius 2 is 1.72 bits per heavy atom. The van der Waals surface area contributed by atoms with Crippen molar-refractivity contribution in [1.29, 1.82) is 0 Å². The van der Waals surface area contributed by atoms with E-state index >= 15 is 0 Å². The van der Waals surface area contributed by atoms with Gasteiger partial charge in [0.15, 0.2) is 4.93 Å². The van der Waals surface area contributed by atoms with Gasteiger partial charge in [0.25, 0.3) is 0 Å². The second-order valence-corrected chi connectivity index (χ2v) is 6.83. The molecule has 0 N–H and O–H groups in total. The normalized spacial score (nSPS) is 22.2. The Labute approximate surface area is 115 Å². The van der Waals surface area contributed by atoms with E-state index in [2.05, 4.69) is 54.6 Å². The van der Waals surface area contributed by atoms with Gasteiger partial charge >= 0.3 is 0 Å². The van der Waals surface area contributed by atoms with Gasteiger partial charge in [-0.15, -0.1) is 11.2 Å². The van der Waals surface area contributed by atoms with Crippen molar-refractivity contribution < 1.29 is 4.74 Å². The van der Waals surface area contributed by atoms with E-state index in [4.69, 9.17) is 4.74 Å². The molecule has 92 valence electrons. The van der Waals surface area contributed by atoms with Crippen molar-refractivity contribution >= 4 is 20.6 Å². The highest BCUT2D eigenvalue weighted by atomic mass is 32.4. The molecule has 1 aliphatic rings. The van der Waals surface area contributed by atoms with Crippen LogP contribution < -0.4 is 4.74 Å². The van der Waals surface area contributed by atoms with Gasteiger partial charge in [-0.2, -0.15) is 0 Å². The lowest BCUT2D eigenvalue weighted by atomic mass is 9.97. The second kappa shape index (κ2) is 4.82. The minimum absolute atomic E-state index is 0.165. The third kappa shape index (κ3) is 1.97. The van der Waals surface area contributed by atoms with E-state index in [-0.39, 0.29) is 4.93 Å². The summed E-state index contributed by atoms with van der Waals surface area (Å²) in [4.78, 5) is -0.165. The first kappa shape index (κ1) is 11.9. The smallest absolute Gasteiger partial charge is 0.174 e. The maximum atomic E-state index is 6.35. The van der Waals surface area contributed by atoms with Gasteiger partial charge in [0, 0.05) is 12.0 Å². The van der Waals surface area contributed by atoms with E-state index < -0.39 is 0 Å². The average Bonchev–Trinajstić information content (AvgIpc) is 2.47. The third-order valence-electron chi connectivity index (χ3n) is 3.51. The molecular weight excluding hydrogens is 256 g/mol. The van der Waals surface area contributed by atoms with Crippen LogP contribution in [0.25, 0.3) is 0 Å². The van der Waals surface area contributed by atoms with Crippen LogP contribution in [-0.4, -0.2) is 9.39 Å². The fraction of sp³-hybridized carbons (Fsp3) is 0.200. The largest absolute Gasteiger partial charge is 0.472 e. The second-order valence-electron chi connectivity index (χ2n) is 4.53. The molecular formula is C15H16OSSi. The van der Waals surface area contributed by atoms with Crippen LogP contribution in [0, 0.1) is 0 Å². The Bertz CT molecular complexity index is 543. The molecule has 0 aliphatic carbocycles. The van der Waals surface area contributed by atoms with Gasteiger partial charge in [-0.1, -0.05) is 48.5 Å². The van der Waals surface area contributed by atoms with Gasteiger partial charge in [-0.3, -0.25) is 0 Å². The van der Waals surface area contributed by atoms with Crippen LogP contribution >= 0.6 is 11.2 Å². The molecule has 0 amide bonds. The van der Waals surface area contributed by atoms with Crippen LogP contribution in [0.15, 0.2) is 54.6 Å². The minimum Gasteiger partial charge on any atom is -0.472 e. The van der Waals surface area contributed by atoms with Crippen molar-refractivity contribution in [2.24, 2.45) is 0 Å². The lowest BCUT2D eigenvalue weighted by Crippen LogP contribution is -2.33. The number of rotatable bonds is 2. The summed E-state index contributed by atoms with van der Waals surface area (Å²) in [6.07, 6.45) is 2.16. The summed E-state index contributed by atoms with van der Waals surface area (Å²) in [5.41, 5.74) is 2.62. The molecule has 0 fully saturated rings. The first-order valence-electron chi connectivity index (χ1n) is 6.22. The van der Waals surface area contributed by atoms with Crippen molar-refractivity contribution in [3.8, 4) is 5.75 Å². The van der Waals surface area contributed by atoms with Gasteiger partial charge in [0.05, 0.1) is 9.39 Å². The molecule has 0 bridgehead atoms. The molecule has 1 nitrogen and oxygen atoms in total. The van der Waals surface area contributed by atoms with E-state index in [1.165, 1.54) is 11.1 Å². The fourth-order valence-electron chi connectivity index (χ4n) is 2.49. The van der Waals surface area contributed by atoms with Gasteiger partial charge in [-0.05, 0) is 18.1 Å². The number of benzene rings is 2. The molecule has 0 aromatic heterocycles. The van der Waals surface area contributed by atoms with Crippen molar-refractivity contribution in [3.63, 3.8) is 0 Å². The summed E-state index contributed by atoms with van der Waals surface area (Å²) in [6, 6.07) is 19.0. The van der Waals surface area contributed by atoms with E-state index in [0.717, 1.165) is 28.0 Å². The molecule has 3 rings (SSSR count). The zero-order valence-electron chi connectivity index (χ0n) is 10.4. The highest BCUT2D eigenvalue weighted by Gasteiger charge is 2.36. The van der Waals surface area contributed by atoms with Crippen molar-refractivity contribution in [3.05, 3.63) is 65.7 Å². The maximum absolute atomic E-state index is 6.35. The van der Waals surface area contributed by atoms with E-state index in [0.29, 0.717) is 0 Å². The molecule has 0 saturated heterocycles. The Morgan fingerprint density at radius 1 is 1.00 bits per heavy atom. The number of hydrogen-bond donors (Lipinski definition) is 0. The predicted molar refractivity (Wildman–Crippen MR) is 81.0 cm³/mol. The molecule has 0 spiro atoms. The zero-order chi connectivity index (χ0) is 12.4. The Morgan fingerprint density at radius 3 is 2.50 bits per heavy atom. The molecule has 2 aromatic rings. The van der Waals surface area contributed by atoms with Gasteiger partial charge in [0.1, 0.15) is 5.75 Å². The quantitative estimate of drug-likeness (QED) is 0.778. The summed E-state index contributed by atoms with van der Waals surface area (Å²) < 4.78 is 6.35. The molecule has 18 heavy (non-hydrogen) atoms. The summed E-state index contributed by atoms with van der Waals surface area (Å²) in [5, 5.41) is 0. The van der Waals surface area contributed by atoms with Gasteiger partial charge in [-0.25, -0.2) is 0 Å². The van der Waals surface area contributed by atoms with Crippen LogP contribution in [0.4, 0.5) is 0 Å². The van der Waals surface area contributed by atoms with E-state index in [1.54, 1.807) is 0 Å². The number of hydrogen-bond acceptors (Lipinski definition) is 2. The SMILES string of the molecule is [SiH3]SC1(c2ccccc2)CCc2ccccc2O1. The molecule has 1 aliphatic heterocycles. The fourth-order valence-corrected chi connectivity index (χ4v) is 4.92. The third-order valence-corrected chi connectivity index (χ3v) is 6.68. The number of ether oxygens (including phenoxy) is 1. The maximum Gasteiger partial charge on any atom is 0.174 e. The Hall–Kier alpha value is -1.19. The molecule has 3 heteroatoms. The zero-order valence-corrected chi connectivity index (χ0v) is 13.2. The Balaban J connectivity index is 2.01. The monoisotopic (exact) mass is 272 g/mol. The summed E-state index contributed by atoms with van der Waals surface area (Å²) in [6.45, 7) is 0. The van der Waals surface area contributed by atoms with E-state index in [1.807, 2.05) is 11.2 Å². The predicted octanol–water partition coefficient (Wildman–Crippen LogP) is 2.88. The van der Waals surface area contributed by atoms with Gasteiger partial charge in [0.2, 0.25) is 0 Å². The molecule has 1 atom stereocenters. The highest BCUT2D eigenvalue weighted by Crippen LogP contribution is 2.45. The number of aryl methyl sites for hydroxylation is 1. The van der Waals surface area contributed by atoms with Crippen molar-refractivity contribution in [2.75, 3.05) is 0 Å². The van der Waals surface area contributed by atoms with Crippen LogP contribution in [-0.2, 0) is 11.4 Å². The van der Waals surface area contributed by atoms with Gasteiger partial charge < -0.3 is 4.74 Å². The molecule has 1 unspecified atom stereocenters. The number of para-hydroxylation sites is 1. The Kier molecular flexibility index (Phi) is 3.18. The lowest BCUT2D eigenvalue weighted by molar-refractivity contribution is 0.140. The lowest BCUT2D eigenvalue weighted by Gasteiger charge is -2.38. The van der Waals surface area contributed by atoms with E-state index in [9.17, 15) is 0 Å². The summed E-state index contributed by atoms with van der Waals surface area (Å²) in [7, 11) is 1.07. The molecule has 2 aromatic carbocycles. The van der Waals surface area contributed by atoms with Crippen LogP contribution in [0.3, 0.4) is 0 Å². The molecule has 0 saturated carbocycles. The summed E-state index contributed by atoms with van der Waals surface area (Å²) >= 11 is 1.93.